The minimum atomic E-state index is -0.595. The van der Waals surface area contributed by atoms with Crippen molar-refractivity contribution in [2.45, 2.75) is 6.92 Å². The maximum Gasteiger partial charge on any atom is 0.341 e. The van der Waals surface area contributed by atoms with Crippen LogP contribution in [0, 0.1) is 0 Å². The lowest BCUT2D eigenvalue weighted by atomic mass is 10.1. The number of ether oxygens (including phenoxy) is 2. The third kappa shape index (κ3) is 3.55. The lowest BCUT2D eigenvalue weighted by Crippen LogP contribution is -2.07. The summed E-state index contributed by atoms with van der Waals surface area (Å²) in [4.78, 5) is 11.7. The van der Waals surface area contributed by atoms with Gasteiger partial charge in [0.25, 0.3) is 0 Å². The second-order valence-corrected chi connectivity index (χ2v) is 4.56. The SMILES string of the molecule is CCOC(=O)C(=C(Cl)Cl)c1ccc(Cl)c(OC)c1. The van der Waals surface area contributed by atoms with Crippen LogP contribution < -0.4 is 4.74 Å². The van der Waals surface area contributed by atoms with Gasteiger partial charge in [-0.25, -0.2) is 4.79 Å². The number of methoxy groups -OCH3 is 1. The number of hydrogen-bond donors (Lipinski definition) is 0. The first kappa shape index (κ1) is 15.2. The molecule has 0 heterocycles. The molecule has 0 bridgehead atoms. The zero-order chi connectivity index (χ0) is 13.7. The Morgan fingerprint density at radius 1 is 1.33 bits per heavy atom. The van der Waals surface area contributed by atoms with E-state index in [4.69, 9.17) is 44.3 Å². The third-order valence-corrected chi connectivity index (χ3v) is 2.80. The van der Waals surface area contributed by atoms with E-state index in [1.165, 1.54) is 7.11 Å². The second kappa shape index (κ2) is 6.88. The van der Waals surface area contributed by atoms with Crippen LogP contribution in [-0.4, -0.2) is 19.7 Å². The molecule has 0 saturated carbocycles. The van der Waals surface area contributed by atoms with Crippen molar-refractivity contribution in [3.8, 4) is 5.75 Å². The molecule has 1 rings (SSSR count). The number of rotatable bonds is 4. The highest BCUT2D eigenvalue weighted by Crippen LogP contribution is 2.32. The van der Waals surface area contributed by atoms with E-state index in [0.717, 1.165) is 0 Å². The van der Waals surface area contributed by atoms with Crippen LogP contribution in [0.25, 0.3) is 5.57 Å². The van der Waals surface area contributed by atoms with E-state index in [9.17, 15) is 4.79 Å². The number of esters is 1. The Morgan fingerprint density at radius 3 is 2.50 bits per heavy atom. The summed E-state index contributed by atoms with van der Waals surface area (Å²) in [5.41, 5.74) is 0.560. The maximum absolute atomic E-state index is 11.7. The average Bonchev–Trinajstić information content (AvgIpc) is 2.31. The largest absolute Gasteiger partial charge is 0.495 e. The van der Waals surface area contributed by atoms with E-state index < -0.39 is 5.97 Å². The highest BCUT2D eigenvalue weighted by atomic mass is 35.5. The summed E-state index contributed by atoms with van der Waals surface area (Å²) in [6.45, 7) is 1.92. The fraction of sp³-hybridized carbons (Fsp3) is 0.250. The Kier molecular flexibility index (Phi) is 5.79. The fourth-order valence-corrected chi connectivity index (χ4v) is 1.89. The number of hydrogen-bond acceptors (Lipinski definition) is 3. The molecule has 3 nitrogen and oxygen atoms in total. The van der Waals surface area contributed by atoms with Crippen molar-refractivity contribution in [1.29, 1.82) is 0 Å². The molecule has 0 fully saturated rings. The van der Waals surface area contributed by atoms with Gasteiger partial charge in [0, 0.05) is 0 Å². The van der Waals surface area contributed by atoms with Crippen LogP contribution in [0.15, 0.2) is 22.7 Å². The minimum Gasteiger partial charge on any atom is -0.495 e. The van der Waals surface area contributed by atoms with Gasteiger partial charge in [0.1, 0.15) is 10.2 Å². The van der Waals surface area contributed by atoms with Crippen molar-refractivity contribution in [3.05, 3.63) is 33.3 Å². The molecule has 0 amide bonds. The lowest BCUT2D eigenvalue weighted by molar-refractivity contribution is -0.136. The molecule has 0 saturated heterocycles. The predicted molar refractivity (Wildman–Crippen MR) is 73.3 cm³/mol. The van der Waals surface area contributed by atoms with E-state index in [-0.39, 0.29) is 16.7 Å². The molecule has 0 atom stereocenters. The zero-order valence-electron chi connectivity index (χ0n) is 9.80. The van der Waals surface area contributed by atoms with Gasteiger partial charge in [-0.15, -0.1) is 0 Å². The number of carbonyl (C=O) groups is 1. The summed E-state index contributed by atoms with van der Waals surface area (Å²) in [7, 11) is 1.47. The van der Waals surface area contributed by atoms with Gasteiger partial charge >= 0.3 is 5.97 Å². The van der Waals surface area contributed by atoms with Crippen LogP contribution in [0.4, 0.5) is 0 Å². The normalized spacial score (nSPS) is 9.83. The van der Waals surface area contributed by atoms with E-state index in [1.807, 2.05) is 0 Å². The van der Waals surface area contributed by atoms with Crippen LogP contribution in [0.5, 0.6) is 5.75 Å². The Morgan fingerprint density at radius 2 is 2.00 bits per heavy atom. The van der Waals surface area contributed by atoms with Crippen LogP contribution in [0.1, 0.15) is 12.5 Å². The molecule has 1 aromatic carbocycles. The Bertz CT molecular complexity index is 479. The summed E-state index contributed by atoms with van der Waals surface area (Å²) in [6, 6.07) is 4.77. The molecule has 0 aromatic heterocycles. The molecule has 0 unspecified atom stereocenters. The third-order valence-electron chi connectivity index (χ3n) is 2.11. The summed E-state index contributed by atoms with van der Waals surface area (Å²) < 4.78 is 9.78. The minimum absolute atomic E-state index is 0.0788. The summed E-state index contributed by atoms with van der Waals surface area (Å²) in [5, 5.41) is 0.426. The molecule has 1 aromatic rings. The van der Waals surface area contributed by atoms with Crippen molar-refractivity contribution in [3.63, 3.8) is 0 Å². The molecule has 0 N–H and O–H groups in total. The highest BCUT2D eigenvalue weighted by Gasteiger charge is 2.18. The first-order chi connectivity index (χ1) is 8.51. The topological polar surface area (TPSA) is 35.5 Å². The fourth-order valence-electron chi connectivity index (χ4n) is 1.32. The van der Waals surface area contributed by atoms with Crippen molar-refractivity contribution in [2.75, 3.05) is 13.7 Å². The maximum atomic E-state index is 11.7. The summed E-state index contributed by atoms with van der Waals surface area (Å²) in [6.07, 6.45) is 0. The first-order valence-corrected chi connectivity index (χ1v) is 6.21. The molecule has 0 aliphatic carbocycles. The van der Waals surface area contributed by atoms with Crippen LogP contribution in [0.3, 0.4) is 0 Å². The molecular weight excluding hydrogens is 298 g/mol. The van der Waals surface area contributed by atoms with Gasteiger partial charge < -0.3 is 9.47 Å². The smallest absolute Gasteiger partial charge is 0.341 e. The molecule has 0 aliphatic heterocycles. The van der Waals surface area contributed by atoms with Crippen molar-refractivity contribution in [2.24, 2.45) is 0 Å². The van der Waals surface area contributed by atoms with Gasteiger partial charge in [0.15, 0.2) is 0 Å². The van der Waals surface area contributed by atoms with Gasteiger partial charge in [0.2, 0.25) is 0 Å². The second-order valence-electron chi connectivity index (χ2n) is 3.21. The lowest BCUT2D eigenvalue weighted by Gasteiger charge is -2.10. The first-order valence-electron chi connectivity index (χ1n) is 5.07. The molecule has 6 heteroatoms. The highest BCUT2D eigenvalue weighted by molar-refractivity contribution is 6.61. The van der Waals surface area contributed by atoms with Gasteiger partial charge in [-0.2, -0.15) is 0 Å². The molecule has 18 heavy (non-hydrogen) atoms. The van der Waals surface area contributed by atoms with Gasteiger partial charge in [-0.1, -0.05) is 40.9 Å². The Hall–Kier alpha value is -0.900. The Labute approximate surface area is 120 Å². The number of halogens is 3. The molecular formula is C12H11Cl3O3. The Balaban J connectivity index is 3.24. The number of benzene rings is 1. The van der Waals surface area contributed by atoms with E-state index in [2.05, 4.69) is 0 Å². The van der Waals surface area contributed by atoms with Crippen molar-refractivity contribution >= 4 is 46.3 Å². The quantitative estimate of drug-likeness (QED) is 0.621. The van der Waals surface area contributed by atoms with E-state index in [0.29, 0.717) is 16.3 Å². The van der Waals surface area contributed by atoms with Crippen LogP contribution in [-0.2, 0) is 9.53 Å². The van der Waals surface area contributed by atoms with Crippen molar-refractivity contribution in [1.82, 2.24) is 0 Å². The zero-order valence-corrected chi connectivity index (χ0v) is 12.1. The summed E-state index contributed by atoms with van der Waals surface area (Å²) in [5.74, 6) is -0.174. The van der Waals surface area contributed by atoms with Gasteiger partial charge in [0.05, 0.1) is 24.3 Å². The molecule has 0 radical (unpaired) electrons. The van der Waals surface area contributed by atoms with Crippen LogP contribution in [0.2, 0.25) is 5.02 Å². The summed E-state index contributed by atoms with van der Waals surface area (Å²) >= 11 is 17.3. The standard InChI is InChI=1S/C12H11Cl3O3/c1-3-18-12(16)10(11(14)15)7-4-5-8(13)9(6-7)17-2/h4-6H,3H2,1-2H3. The predicted octanol–water partition coefficient (Wildman–Crippen LogP) is 4.06. The molecule has 0 spiro atoms. The molecule has 98 valence electrons. The van der Waals surface area contributed by atoms with Crippen LogP contribution >= 0.6 is 34.8 Å². The van der Waals surface area contributed by atoms with E-state index >= 15 is 0 Å². The van der Waals surface area contributed by atoms with Crippen molar-refractivity contribution < 1.29 is 14.3 Å². The average molecular weight is 310 g/mol. The number of carbonyl (C=O) groups excluding carboxylic acids is 1. The monoisotopic (exact) mass is 308 g/mol. The van der Waals surface area contributed by atoms with Gasteiger partial charge in [-0.05, 0) is 24.6 Å². The molecule has 0 aliphatic rings. The van der Waals surface area contributed by atoms with Gasteiger partial charge in [-0.3, -0.25) is 0 Å². The van der Waals surface area contributed by atoms with E-state index in [1.54, 1.807) is 25.1 Å².